The van der Waals surface area contributed by atoms with Gasteiger partial charge in [0, 0.05) is 0 Å². The van der Waals surface area contributed by atoms with Gasteiger partial charge in [-0.25, -0.2) is 0 Å². The van der Waals surface area contributed by atoms with E-state index in [9.17, 15) is 16.8 Å². The second-order valence-electron chi connectivity index (χ2n) is 1.33. The van der Waals surface area contributed by atoms with E-state index in [0.29, 0.717) is 6.08 Å². The Balaban J connectivity index is 3.91. The summed E-state index contributed by atoms with van der Waals surface area (Å²) in [6.07, 6.45) is -0.941. The molecule has 8 heavy (non-hydrogen) atoms. The van der Waals surface area contributed by atoms with Crippen LogP contribution in [-0.2, 0) is 0 Å². The van der Waals surface area contributed by atoms with Crippen LogP contribution >= 0.6 is 7.85 Å². The maximum absolute atomic E-state index is 11.1. The summed E-state index contributed by atoms with van der Waals surface area (Å²) in [6.45, 7) is 2.76. The fourth-order valence-corrected chi connectivity index (χ4v) is 0.586. The molecule has 0 nitrogen and oxygen atoms in total. The topological polar surface area (TPSA) is 0 Å². The van der Waals surface area contributed by atoms with E-state index in [1.54, 1.807) is 0 Å². The standard InChI is InChI=1S/C3H5F4P/c1-2-3-8(4,5,6)7/h2H,1,3H2. The first kappa shape index (κ1) is 7.89. The minimum absolute atomic E-state index is 0.526. The number of rotatable bonds is 2. The van der Waals surface area contributed by atoms with Gasteiger partial charge in [0.25, 0.3) is 0 Å². The summed E-state index contributed by atoms with van der Waals surface area (Å²) in [4.78, 5) is 0. The van der Waals surface area contributed by atoms with E-state index in [0.717, 1.165) is 0 Å². The Morgan fingerprint density at radius 1 is 1.25 bits per heavy atom. The quantitative estimate of drug-likeness (QED) is 0.320. The van der Waals surface area contributed by atoms with Crippen LogP contribution in [-0.4, -0.2) is 6.16 Å². The molecule has 0 unspecified atom stereocenters. The maximum atomic E-state index is 11.1. The molecule has 5 heteroatoms. The summed E-state index contributed by atoms with van der Waals surface area (Å²) in [5, 5.41) is 0. The zero-order valence-corrected chi connectivity index (χ0v) is 4.85. The van der Waals surface area contributed by atoms with Crippen LogP contribution in [0.15, 0.2) is 12.7 Å². The molecule has 0 N–H and O–H groups in total. The second-order valence-corrected chi connectivity index (χ2v) is 3.42. The number of allylic oxidation sites excluding steroid dienone is 1. The summed E-state index contributed by atoms with van der Waals surface area (Å²) in [6, 6.07) is 0. The van der Waals surface area contributed by atoms with Crippen LogP contribution in [0.3, 0.4) is 0 Å². The van der Waals surface area contributed by atoms with Gasteiger partial charge >= 0.3 is 43.5 Å². The van der Waals surface area contributed by atoms with Crippen LogP contribution in [0.2, 0.25) is 0 Å². The van der Waals surface area contributed by atoms with E-state index >= 15 is 0 Å². The molecule has 0 rings (SSSR count). The van der Waals surface area contributed by atoms with Gasteiger partial charge < -0.3 is 0 Å². The minimum atomic E-state index is -7.22. The Kier molecular flexibility index (Phi) is 1.67. The van der Waals surface area contributed by atoms with Gasteiger partial charge in [0.2, 0.25) is 0 Å². The van der Waals surface area contributed by atoms with Crippen molar-refractivity contribution in [3.05, 3.63) is 12.7 Å². The molecular weight excluding hydrogens is 143 g/mol. The average molecular weight is 148 g/mol. The normalized spacial score (nSPS) is 16.8. The molecule has 0 saturated carbocycles. The monoisotopic (exact) mass is 148 g/mol. The van der Waals surface area contributed by atoms with Crippen molar-refractivity contribution in [3.63, 3.8) is 0 Å². The van der Waals surface area contributed by atoms with Crippen molar-refractivity contribution in [2.45, 2.75) is 0 Å². The Morgan fingerprint density at radius 3 is 1.62 bits per heavy atom. The zero-order chi connectivity index (χ0) is 6.86. The van der Waals surface area contributed by atoms with Gasteiger partial charge in [-0.3, -0.25) is 0 Å². The van der Waals surface area contributed by atoms with Crippen molar-refractivity contribution in [1.82, 2.24) is 0 Å². The van der Waals surface area contributed by atoms with Gasteiger partial charge in [0.05, 0.1) is 0 Å². The van der Waals surface area contributed by atoms with Crippen molar-refractivity contribution >= 4 is 7.85 Å². The molecule has 0 aromatic carbocycles. The van der Waals surface area contributed by atoms with E-state index in [1.807, 2.05) is 0 Å². The zero-order valence-electron chi connectivity index (χ0n) is 3.95. The first-order valence-corrected chi connectivity index (χ1v) is 3.79. The molecule has 0 aromatic rings. The van der Waals surface area contributed by atoms with Gasteiger partial charge in [-0.2, -0.15) is 0 Å². The van der Waals surface area contributed by atoms with E-state index in [4.69, 9.17) is 0 Å². The summed E-state index contributed by atoms with van der Waals surface area (Å²) in [7, 11) is -7.22. The number of halogens is 4. The Hall–Kier alpha value is -0.110. The third-order valence-corrected chi connectivity index (χ3v) is 1.22. The molecule has 0 heterocycles. The van der Waals surface area contributed by atoms with Crippen molar-refractivity contribution in [2.24, 2.45) is 0 Å². The third-order valence-electron chi connectivity index (χ3n) is 0.405. The van der Waals surface area contributed by atoms with Crippen LogP contribution in [0.4, 0.5) is 16.8 Å². The summed E-state index contributed by atoms with van der Waals surface area (Å²) >= 11 is 0. The number of hydrogen-bond acceptors (Lipinski definition) is 0. The summed E-state index contributed by atoms with van der Waals surface area (Å²) in [5.41, 5.74) is 0. The van der Waals surface area contributed by atoms with Gasteiger partial charge in [0.15, 0.2) is 0 Å². The van der Waals surface area contributed by atoms with Crippen molar-refractivity contribution in [2.75, 3.05) is 6.16 Å². The molecule has 50 valence electrons. The van der Waals surface area contributed by atoms with Crippen LogP contribution < -0.4 is 0 Å². The van der Waals surface area contributed by atoms with Gasteiger partial charge in [-0.15, -0.1) is 0 Å². The van der Waals surface area contributed by atoms with Crippen LogP contribution in [0.5, 0.6) is 0 Å². The molecule has 0 bridgehead atoms. The fourth-order valence-electron chi connectivity index (χ4n) is 0.195. The Morgan fingerprint density at radius 2 is 1.62 bits per heavy atom. The van der Waals surface area contributed by atoms with Crippen molar-refractivity contribution in [1.29, 1.82) is 0 Å². The molecule has 0 spiro atoms. The summed E-state index contributed by atoms with van der Waals surface area (Å²) in [5.74, 6) is 0. The molecule has 0 aliphatic heterocycles. The molecule has 0 fully saturated rings. The van der Waals surface area contributed by atoms with E-state index < -0.39 is 14.0 Å². The summed E-state index contributed by atoms with van der Waals surface area (Å²) < 4.78 is 44.5. The number of hydrogen-bond donors (Lipinski definition) is 0. The molecule has 0 aliphatic rings. The first-order valence-electron chi connectivity index (χ1n) is 1.81. The Labute approximate surface area is 44.6 Å². The molecule has 0 atom stereocenters. The third kappa shape index (κ3) is 5.89. The van der Waals surface area contributed by atoms with E-state index in [2.05, 4.69) is 6.58 Å². The van der Waals surface area contributed by atoms with Crippen LogP contribution in [0, 0.1) is 0 Å². The first-order chi connectivity index (χ1) is 3.31. The molecule has 0 saturated heterocycles. The van der Waals surface area contributed by atoms with Gasteiger partial charge in [-0.1, -0.05) is 0 Å². The van der Waals surface area contributed by atoms with E-state index in [-0.39, 0.29) is 0 Å². The molecule has 0 radical (unpaired) electrons. The second kappa shape index (κ2) is 1.69. The van der Waals surface area contributed by atoms with E-state index in [1.165, 1.54) is 0 Å². The van der Waals surface area contributed by atoms with Crippen LogP contribution in [0.25, 0.3) is 0 Å². The molecule has 0 aromatic heterocycles. The molecule has 0 aliphatic carbocycles. The van der Waals surface area contributed by atoms with Crippen LogP contribution in [0.1, 0.15) is 0 Å². The molecule has 0 amide bonds. The SMILES string of the molecule is C=CCP(F)(F)(F)F. The Bertz CT molecular complexity index is 92.3. The van der Waals surface area contributed by atoms with Gasteiger partial charge in [-0.05, 0) is 0 Å². The van der Waals surface area contributed by atoms with Crippen molar-refractivity contribution < 1.29 is 16.8 Å². The van der Waals surface area contributed by atoms with Crippen molar-refractivity contribution in [3.8, 4) is 0 Å². The molecular formula is C3H5F4P. The van der Waals surface area contributed by atoms with Gasteiger partial charge in [0.1, 0.15) is 0 Å². The predicted octanol–water partition coefficient (Wildman–Crippen LogP) is 3.26. The average Bonchev–Trinajstić information content (AvgIpc) is 1.25. The predicted molar refractivity (Wildman–Crippen MR) is 26.4 cm³/mol. The fraction of sp³-hybridized carbons (Fsp3) is 0.333.